The third-order valence-corrected chi connectivity index (χ3v) is 5.49. The number of amides is 2. The van der Waals surface area contributed by atoms with Crippen molar-refractivity contribution in [1.29, 1.82) is 0 Å². The van der Waals surface area contributed by atoms with Crippen LogP contribution in [0.15, 0.2) is 30.5 Å². The molecule has 0 fully saturated rings. The molecule has 1 aromatic carbocycles. The molecular weight excluding hydrogens is 566 g/mol. The first-order chi connectivity index (χ1) is 21.1. The van der Waals surface area contributed by atoms with E-state index >= 15 is 0 Å². The summed E-state index contributed by atoms with van der Waals surface area (Å²) in [5.41, 5.74) is 2.32. The van der Waals surface area contributed by atoms with Gasteiger partial charge in [0.25, 0.3) is 6.47 Å². The number of hydrogen-bond acceptors (Lipinski definition) is 12. The van der Waals surface area contributed by atoms with Gasteiger partial charge in [-0.25, -0.2) is 4.68 Å². The molecule has 0 aliphatic carbocycles. The van der Waals surface area contributed by atoms with Gasteiger partial charge in [-0.05, 0) is 24.1 Å². The van der Waals surface area contributed by atoms with Gasteiger partial charge in [-0.1, -0.05) is 24.3 Å². The average Bonchev–Trinajstić information content (AvgIpc) is 3.48. The summed E-state index contributed by atoms with van der Waals surface area (Å²) in [6.45, 7) is 7.56. The van der Waals surface area contributed by atoms with Crippen molar-refractivity contribution in [3.63, 3.8) is 0 Å². The molecule has 2 aromatic rings. The van der Waals surface area contributed by atoms with Gasteiger partial charge in [0.1, 0.15) is 19.8 Å². The van der Waals surface area contributed by atoms with Crippen molar-refractivity contribution in [1.82, 2.24) is 20.3 Å². The zero-order valence-corrected chi connectivity index (χ0v) is 24.7. The van der Waals surface area contributed by atoms with Gasteiger partial charge in [0.2, 0.25) is 11.8 Å². The van der Waals surface area contributed by atoms with Crippen LogP contribution in [0.4, 0.5) is 5.69 Å². The molecule has 0 unspecified atom stereocenters. The number of anilines is 1. The van der Waals surface area contributed by atoms with Crippen LogP contribution < -0.4 is 10.6 Å². The second kappa shape index (κ2) is 24.0. The highest BCUT2D eigenvalue weighted by Crippen LogP contribution is 2.10. The van der Waals surface area contributed by atoms with Crippen molar-refractivity contribution in [2.24, 2.45) is 0 Å². The van der Waals surface area contributed by atoms with Gasteiger partial charge in [0.15, 0.2) is 0 Å². The number of aromatic nitrogens is 3. The van der Waals surface area contributed by atoms with Crippen LogP contribution in [0.25, 0.3) is 0 Å². The van der Waals surface area contributed by atoms with Crippen molar-refractivity contribution < 1.29 is 47.5 Å². The van der Waals surface area contributed by atoms with Crippen molar-refractivity contribution in [2.45, 2.75) is 26.5 Å². The lowest BCUT2D eigenvalue weighted by Gasteiger charge is -2.09. The monoisotopic (exact) mass is 609 g/mol. The number of nitrogens with one attached hydrogen (secondary N) is 2. The Labute approximate surface area is 251 Å². The van der Waals surface area contributed by atoms with Gasteiger partial charge < -0.3 is 43.8 Å². The fraction of sp³-hybridized carbons (Fsp3) is 0.607. The number of rotatable bonds is 27. The Balaban J connectivity index is 1.28. The third kappa shape index (κ3) is 18.6. The summed E-state index contributed by atoms with van der Waals surface area (Å²) >= 11 is 0. The molecule has 0 spiro atoms. The van der Waals surface area contributed by atoms with Crippen LogP contribution in [0.1, 0.15) is 18.2 Å². The molecule has 0 aliphatic heterocycles. The lowest BCUT2D eigenvalue weighted by Crippen LogP contribution is -2.32. The normalized spacial score (nSPS) is 10.9. The number of aryl methyl sites for hydroxylation is 1. The van der Waals surface area contributed by atoms with Gasteiger partial charge in [0.05, 0.1) is 78.3 Å². The predicted octanol–water partition coefficient (Wildman–Crippen LogP) is 0.368. The van der Waals surface area contributed by atoms with Crippen LogP contribution in [0.5, 0.6) is 0 Å². The zero-order valence-electron chi connectivity index (χ0n) is 24.7. The van der Waals surface area contributed by atoms with Crippen LogP contribution in [-0.4, -0.2) is 119 Å². The minimum atomic E-state index is -0.394. The van der Waals surface area contributed by atoms with Crippen LogP contribution in [-0.2, 0) is 67.1 Å². The summed E-state index contributed by atoms with van der Waals surface area (Å²) in [6, 6.07) is 6.80. The number of nitrogens with zero attached hydrogens (tertiary/aromatic N) is 3. The maximum Gasteiger partial charge on any atom is 0.293 e. The maximum atomic E-state index is 11.9. The molecule has 2 amide bonds. The van der Waals surface area contributed by atoms with Gasteiger partial charge in [-0.2, -0.15) is 0 Å². The van der Waals surface area contributed by atoms with Gasteiger partial charge >= 0.3 is 0 Å². The number of carbonyl (C=O) groups excluding carboxylic acids is 3. The second-order valence-electron chi connectivity index (χ2n) is 8.88. The lowest BCUT2D eigenvalue weighted by atomic mass is 10.2. The fourth-order valence-electron chi connectivity index (χ4n) is 3.31. The topological polar surface area (TPSA) is 171 Å². The van der Waals surface area contributed by atoms with Crippen molar-refractivity contribution in [2.75, 3.05) is 91.1 Å². The number of ether oxygens (including phenoxy) is 7. The highest BCUT2D eigenvalue weighted by atomic mass is 16.6. The SMILES string of the molecule is CCc1cn(CCOCCOCCOCCOCCOCCNC(=O)COCC(=O)Nc2ccc(COC=O)cc2)nn1. The van der Waals surface area contributed by atoms with Crippen LogP contribution >= 0.6 is 0 Å². The molecule has 0 aliphatic rings. The number of hydrogen-bond donors (Lipinski definition) is 2. The molecule has 2 N–H and O–H groups in total. The first-order valence-corrected chi connectivity index (χ1v) is 14.2. The summed E-state index contributed by atoms with van der Waals surface area (Å²) in [4.78, 5) is 33.9. The highest BCUT2D eigenvalue weighted by Gasteiger charge is 2.06. The van der Waals surface area contributed by atoms with E-state index in [-0.39, 0.29) is 25.7 Å². The molecular formula is C28H43N5O10. The Kier molecular flexibility index (Phi) is 20.0. The van der Waals surface area contributed by atoms with E-state index < -0.39 is 5.91 Å². The van der Waals surface area contributed by atoms with E-state index in [1.807, 2.05) is 13.1 Å². The number of carbonyl (C=O) groups is 3. The molecule has 1 heterocycles. The van der Waals surface area contributed by atoms with Crippen LogP contribution in [0, 0.1) is 0 Å². The summed E-state index contributed by atoms with van der Waals surface area (Å²) in [7, 11) is 0. The van der Waals surface area contributed by atoms with E-state index in [1.54, 1.807) is 28.9 Å². The Hall–Kier alpha value is -3.47. The molecule has 2 rings (SSSR count). The van der Waals surface area contributed by atoms with E-state index in [0.29, 0.717) is 91.3 Å². The smallest absolute Gasteiger partial charge is 0.293 e. The predicted molar refractivity (Wildman–Crippen MR) is 153 cm³/mol. The van der Waals surface area contributed by atoms with E-state index in [2.05, 4.69) is 25.7 Å². The first-order valence-electron chi connectivity index (χ1n) is 14.2. The third-order valence-electron chi connectivity index (χ3n) is 5.49. The minimum Gasteiger partial charge on any atom is -0.463 e. The van der Waals surface area contributed by atoms with Crippen molar-refractivity contribution >= 4 is 24.0 Å². The van der Waals surface area contributed by atoms with Crippen molar-refractivity contribution in [3.05, 3.63) is 41.7 Å². The van der Waals surface area contributed by atoms with E-state index in [0.717, 1.165) is 17.7 Å². The van der Waals surface area contributed by atoms with E-state index in [1.165, 1.54) is 0 Å². The summed E-state index contributed by atoms with van der Waals surface area (Å²) in [5, 5.41) is 13.3. The average molecular weight is 610 g/mol. The summed E-state index contributed by atoms with van der Waals surface area (Å²) in [5.74, 6) is -0.746. The Morgan fingerprint density at radius 3 is 1.95 bits per heavy atom. The Morgan fingerprint density at radius 1 is 0.791 bits per heavy atom. The Morgan fingerprint density at radius 2 is 1.37 bits per heavy atom. The highest BCUT2D eigenvalue weighted by molar-refractivity contribution is 5.91. The second-order valence-corrected chi connectivity index (χ2v) is 8.88. The molecule has 0 bridgehead atoms. The molecule has 15 heteroatoms. The first kappa shape index (κ1) is 35.7. The van der Waals surface area contributed by atoms with E-state index in [9.17, 15) is 14.4 Å². The van der Waals surface area contributed by atoms with Gasteiger partial charge in [0, 0.05) is 18.4 Å². The van der Waals surface area contributed by atoms with Gasteiger partial charge in [-0.3, -0.25) is 14.4 Å². The van der Waals surface area contributed by atoms with Crippen LogP contribution in [0.2, 0.25) is 0 Å². The molecule has 0 saturated heterocycles. The molecule has 15 nitrogen and oxygen atoms in total. The standard InChI is InChI=1S/C28H43N5O10/c1-2-25-19-33(32-31-25)8-10-38-12-14-40-16-18-41-17-15-39-13-11-37-9-7-29-27(35)21-42-22-28(36)30-26-5-3-24(4-6-26)20-43-23-34/h3-6,19,23H,2,7-18,20-22H2,1H3,(H,29,35)(H,30,36). The maximum absolute atomic E-state index is 11.9. The summed E-state index contributed by atoms with van der Waals surface area (Å²) < 4.78 is 38.8. The van der Waals surface area contributed by atoms with Crippen LogP contribution in [0.3, 0.4) is 0 Å². The molecule has 0 saturated carbocycles. The summed E-state index contributed by atoms with van der Waals surface area (Å²) in [6.07, 6.45) is 2.79. The lowest BCUT2D eigenvalue weighted by molar-refractivity contribution is -0.130. The molecule has 1 aromatic heterocycles. The minimum absolute atomic E-state index is 0.160. The largest absolute Gasteiger partial charge is 0.463 e. The Bertz CT molecular complexity index is 1020. The number of benzene rings is 1. The molecule has 240 valence electrons. The fourth-order valence-corrected chi connectivity index (χ4v) is 3.31. The molecule has 0 atom stereocenters. The van der Waals surface area contributed by atoms with E-state index in [4.69, 9.17) is 28.4 Å². The zero-order chi connectivity index (χ0) is 30.8. The van der Waals surface area contributed by atoms with Crippen molar-refractivity contribution in [3.8, 4) is 0 Å². The molecule has 0 radical (unpaired) electrons. The van der Waals surface area contributed by atoms with Gasteiger partial charge in [-0.15, -0.1) is 5.10 Å². The molecule has 43 heavy (non-hydrogen) atoms. The quantitative estimate of drug-likeness (QED) is 0.106.